The van der Waals surface area contributed by atoms with E-state index in [0.717, 1.165) is 18.0 Å². The fourth-order valence-electron chi connectivity index (χ4n) is 1.37. The lowest BCUT2D eigenvalue weighted by atomic mass is 10.3. The number of hydrogen-bond acceptors (Lipinski definition) is 4. The molecule has 0 unspecified atom stereocenters. The van der Waals surface area contributed by atoms with Crippen molar-refractivity contribution in [1.29, 1.82) is 5.26 Å². The molecule has 0 amide bonds. The second kappa shape index (κ2) is 5.40. The molecule has 0 saturated heterocycles. The maximum Gasteiger partial charge on any atom is 0.110 e. The molecule has 0 saturated carbocycles. The third kappa shape index (κ3) is 2.89. The molecule has 0 aliphatic carbocycles. The number of nitrogens with zero attached hydrogens (tertiary/aromatic N) is 2. The van der Waals surface area contributed by atoms with E-state index in [9.17, 15) is 0 Å². The van der Waals surface area contributed by atoms with E-state index in [2.05, 4.69) is 16.4 Å². The average Bonchev–Trinajstić information content (AvgIpc) is 2.78. The molecule has 4 heteroatoms. The maximum absolute atomic E-state index is 8.69. The summed E-state index contributed by atoms with van der Waals surface area (Å²) in [5.41, 5.74) is 1.17. The molecule has 0 bridgehead atoms. The number of pyridine rings is 1. The SMILES string of the molecule is N#Cc1ccc(CNCc2cccnc2)s1. The molecule has 0 aromatic carbocycles. The number of rotatable bonds is 4. The fourth-order valence-corrected chi connectivity index (χ4v) is 2.14. The quantitative estimate of drug-likeness (QED) is 0.875. The molecular weight excluding hydrogens is 218 g/mol. The van der Waals surface area contributed by atoms with Gasteiger partial charge in [-0.1, -0.05) is 6.07 Å². The second-order valence-corrected chi connectivity index (χ2v) is 4.51. The van der Waals surface area contributed by atoms with Crippen molar-refractivity contribution in [3.05, 3.63) is 52.0 Å². The van der Waals surface area contributed by atoms with Crippen LogP contribution in [0.15, 0.2) is 36.7 Å². The van der Waals surface area contributed by atoms with Crippen molar-refractivity contribution in [2.75, 3.05) is 0 Å². The van der Waals surface area contributed by atoms with Crippen LogP contribution in [0.2, 0.25) is 0 Å². The smallest absolute Gasteiger partial charge is 0.110 e. The van der Waals surface area contributed by atoms with Crippen LogP contribution in [0.25, 0.3) is 0 Å². The molecule has 0 atom stereocenters. The Morgan fingerprint density at radius 3 is 2.94 bits per heavy atom. The zero-order valence-corrected chi connectivity index (χ0v) is 9.50. The molecule has 0 aliphatic heterocycles. The Kier molecular flexibility index (Phi) is 3.65. The topological polar surface area (TPSA) is 48.7 Å². The first kappa shape index (κ1) is 10.8. The first-order valence-corrected chi connectivity index (χ1v) is 5.78. The first-order valence-electron chi connectivity index (χ1n) is 4.97. The van der Waals surface area contributed by atoms with Gasteiger partial charge in [0, 0.05) is 30.4 Å². The van der Waals surface area contributed by atoms with Crippen LogP contribution in [0.3, 0.4) is 0 Å². The highest BCUT2D eigenvalue weighted by Gasteiger charge is 1.98. The van der Waals surface area contributed by atoms with Crippen LogP contribution in [0.5, 0.6) is 0 Å². The van der Waals surface area contributed by atoms with Gasteiger partial charge in [0.1, 0.15) is 10.9 Å². The van der Waals surface area contributed by atoms with Crippen molar-refractivity contribution < 1.29 is 0 Å². The van der Waals surface area contributed by atoms with E-state index in [-0.39, 0.29) is 0 Å². The minimum atomic E-state index is 0.762. The lowest BCUT2D eigenvalue weighted by Crippen LogP contribution is -2.11. The summed E-state index contributed by atoms with van der Waals surface area (Å²) < 4.78 is 0. The predicted molar refractivity (Wildman–Crippen MR) is 63.8 cm³/mol. The van der Waals surface area contributed by atoms with E-state index in [0.29, 0.717) is 0 Å². The standard InChI is InChI=1S/C12H11N3S/c13-6-11-3-4-12(16-11)9-15-8-10-2-1-5-14-7-10/h1-5,7,15H,8-9H2. The molecule has 80 valence electrons. The van der Waals surface area contributed by atoms with E-state index in [1.807, 2.05) is 30.5 Å². The molecule has 2 aromatic rings. The average molecular weight is 229 g/mol. The molecule has 3 nitrogen and oxygen atoms in total. The van der Waals surface area contributed by atoms with Crippen LogP contribution >= 0.6 is 11.3 Å². The number of thiophene rings is 1. The molecule has 16 heavy (non-hydrogen) atoms. The largest absolute Gasteiger partial charge is 0.308 e. The van der Waals surface area contributed by atoms with Gasteiger partial charge in [0.25, 0.3) is 0 Å². The second-order valence-electron chi connectivity index (χ2n) is 3.34. The van der Waals surface area contributed by atoms with Gasteiger partial charge in [0.15, 0.2) is 0 Å². The van der Waals surface area contributed by atoms with Gasteiger partial charge in [-0.2, -0.15) is 5.26 Å². The lowest BCUT2D eigenvalue weighted by Gasteiger charge is -2.01. The number of hydrogen-bond donors (Lipinski definition) is 1. The van der Waals surface area contributed by atoms with Gasteiger partial charge in [-0.05, 0) is 23.8 Å². The van der Waals surface area contributed by atoms with Crippen LogP contribution in [0.4, 0.5) is 0 Å². The monoisotopic (exact) mass is 229 g/mol. The number of nitrogens with one attached hydrogen (secondary N) is 1. The minimum absolute atomic E-state index is 0.762. The van der Waals surface area contributed by atoms with Gasteiger partial charge in [-0.3, -0.25) is 4.98 Å². The van der Waals surface area contributed by atoms with Gasteiger partial charge in [-0.15, -0.1) is 11.3 Å². The highest BCUT2D eigenvalue weighted by atomic mass is 32.1. The number of aromatic nitrogens is 1. The van der Waals surface area contributed by atoms with Crippen LogP contribution in [-0.2, 0) is 13.1 Å². The molecule has 0 spiro atoms. The third-order valence-corrected chi connectivity index (χ3v) is 3.11. The predicted octanol–water partition coefficient (Wildman–Crippen LogP) is 2.30. The summed E-state index contributed by atoms with van der Waals surface area (Å²) >= 11 is 1.53. The van der Waals surface area contributed by atoms with E-state index in [1.54, 1.807) is 6.20 Å². The normalized spacial score (nSPS) is 9.94. The van der Waals surface area contributed by atoms with E-state index in [1.165, 1.54) is 21.8 Å². The Hall–Kier alpha value is -1.70. The summed E-state index contributed by atoms with van der Waals surface area (Å²) in [6, 6.07) is 9.94. The maximum atomic E-state index is 8.69. The summed E-state index contributed by atoms with van der Waals surface area (Å²) in [5, 5.41) is 12.0. The van der Waals surface area contributed by atoms with Gasteiger partial charge in [0.05, 0.1) is 0 Å². The molecule has 2 rings (SSSR count). The van der Waals surface area contributed by atoms with Crippen LogP contribution < -0.4 is 5.32 Å². The lowest BCUT2D eigenvalue weighted by molar-refractivity contribution is 0.699. The van der Waals surface area contributed by atoms with E-state index < -0.39 is 0 Å². The van der Waals surface area contributed by atoms with Gasteiger partial charge < -0.3 is 5.32 Å². The Bertz CT molecular complexity index is 484. The Morgan fingerprint density at radius 1 is 1.31 bits per heavy atom. The van der Waals surface area contributed by atoms with Crippen LogP contribution in [-0.4, -0.2) is 4.98 Å². The molecule has 1 N–H and O–H groups in total. The van der Waals surface area contributed by atoms with Crippen molar-refractivity contribution in [2.24, 2.45) is 0 Å². The fraction of sp³-hybridized carbons (Fsp3) is 0.167. The van der Waals surface area contributed by atoms with Gasteiger partial charge in [-0.25, -0.2) is 0 Å². The van der Waals surface area contributed by atoms with Crippen molar-refractivity contribution in [1.82, 2.24) is 10.3 Å². The first-order chi connectivity index (χ1) is 7.88. The van der Waals surface area contributed by atoms with E-state index >= 15 is 0 Å². The van der Waals surface area contributed by atoms with E-state index in [4.69, 9.17) is 5.26 Å². The summed E-state index contributed by atoms with van der Waals surface area (Å²) in [7, 11) is 0. The third-order valence-electron chi connectivity index (χ3n) is 2.12. The zero-order chi connectivity index (χ0) is 11.2. The highest BCUT2D eigenvalue weighted by Crippen LogP contribution is 2.14. The summed E-state index contributed by atoms with van der Waals surface area (Å²) in [4.78, 5) is 5.99. The zero-order valence-electron chi connectivity index (χ0n) is 8.68. The Labute approximate surface area is 98.4 Å². The summed E-state index contributed by atoms with van der Waals surface area (Å²) in [5.74, 6) is 0. The van der Waals surface area contributed by atoms with Gasteiger partial charge in [0.2, 0.25) is 0 Å². The van der Waals surface area contributed by atoms with Crippen molar-refractivity contribution in [3.63, 3.8) is 0 Å². The number of nitriles is 1. The molecule has 0 fully saturated rings. The molecule has 2 aromatic heterocycles. The summed E-state index contributed by atoms with van der Waals surface area (Å²) in [6.45, 7) is 1.59. The Balaban J connectivity index is 1.83. The van der Waals surface area contributed by atoms with Crippen LogP contribution in [0.1, 0.15) is 15.3 Å². The highest BCUT2D eigenvalue weighted by molar-refractivity contribution is 7.12. The molecule has 2 heterocycles. The minimum Gasteiger partial charge on any atom is -0.308 e. The van der Waals surface area contributed by atoms with Crippen molar-refractivity contribution in [2.45, 2.75) is 13.1 Å². The van der Waals surface area contributed by atoms with Gasteiger partial charge >= 0.3 is 0 Å². The molecule has 0 radical (unpaired) electrons. The Morgan fingerprint density at radius 2 is 2.25 bits per heavy atom. The van der Waals surface area contributed by atoms with Crippen molar-refractivity contribution in [3.8, 4) is 6.07 Å². The molecular formula is C12H11N3S. The molecule has 0 aliphatic rings. The van der Waals surface area contributed by atoms with Crippen LogP contribution in [0, 0.1) is 11.3 Å². The summed E-state index contributed by atoms with van der Waals surface area (Å²) in [6.07, 6.45) is 3.62. The van der Waals surface area contributed by atoms with Crippen molar-refractivity contribution >= 4 is 11.3 Å².